The van der Waals surface area contributed by atoms with Crippen molar-refractivity contribution in [3.63, 3.8) is 0 Å². The van der Waals surface area contributed by atoms with E-state index in [1.54, 1.807) is 0 Å². The number of carbonyl (C=O) groups is 1. The van der Waals surface area contributed by atoms with Crippen molar-refractivity contribution >= 4 is 22.9 Å². The van der Waals surface area contributed by atoms with Crippen molar-refractivity contribution in [3.8, 4) is 5.75 Å². The Balaban J connectivity index is 1.90. The van der Waals surface area contributed by atoms with Crippen molar-refractivity contribution in [1.29, 1.82) is 0 Å². The van der Waals surface area contributed by atoms with Gasteiger partial charge >= 0.3 is 0 Å². The molecule has 6 heteroatoms. The van der Waals surface area contributed by atoms with Gasteiger partial charge in [0.1, 0.15) is 17.2 Å². The van der Waals surface area contributed by atoms with Gasteiger partial charge in [-0.1, -0.05) is 27.7 Å². The van der Waals surface area contributed by atoms with Crippen LogP contribution in [-0.4, -0.2) is 42.0 Å². The first-order valence-corrected chi connectivity index (χ1v) is 10.5. The smallest absolute Gasteiger partial charge is 0.267 e. The van der Waals surface area contributed by atoms with Crippen LogP contribution in [0.25, 0.3) is 0 Å². The molecular weight excluding hydrogens is 358 g/mol. The number of rotatable bonds is 10. The number of hydrogen-bond donors (Lipinski definition) is 1. The van der Waals surface area contributed by atoms with E-state index in [4.69, 9.17) is 4.74 Å². The standard InChI is InChI=1S/C21H31N3O2S/c1-6-24(7-2)12-13-26-18-10-8-17(9-11-18)23-21(25)20-16(5)22-19(27-20)14-15(3)4/h8-11,15H,6-7,12-14H2,1-5H3,(H,23,25). The van der Waals surface area contributed by atoms with Crippen LogP contribution in [0.1, 0.15) is 48.1 Å². The molecule has 0 fully saturated rings. The molecule has 27 heavy (non-hydrogen) atoms. The lowest BCUT2D eigenvalue weighted by Crippen LogP contribution is -2.27. The fourth-order valence-corrected chi connectivity index (χ4v) is 3.93. The summed E-state index contributed by atoms with van der Waals surface area (Å²) in [5, 5.41) is 3.97. The van der Waals surface area contributed by atoms with E-state index in [1.807, 2.05) is 31.2 Å². The fraction of sp³-hybridized carbons (Fsp3) is 0.524. The number of benzene rings is 1. The highest BCUT2D eigenvalue weighted by molar-refractivity contribution is 7.13. The van der Waals surface area contributed by atoms with Gasteiger partial charge in [-0.2, -0.15) is 0 Å². The van der Waals surface area contributed by atoms with Crippen LogP contribution in [0.2, 0.25) is 0 Å². The van der Waals surface area contributed by atoms with E-state index in [0.717, 1.165) is 48.2 Å². The molecule has 0 atom stereocenters. The molecule has 0 aliphatic heterocycles. The Morgan fingerprint density at radius 1 is 1.22 bits per heavy atom. The molecule has 2 aromatic rings. The second-order valence-electron chi connectivity index (χ2n) is 6.97. The van der Waals surface area contributed by atoms with Crippen molar-refractivity contribution in [2.24, 2.45) is 5.92 Å². The Hall–Kier alpha value is -1.92. The highest BCUT2D eigenvalue weighted by atomic mass is 32.1. The van der Waals surface area contributed by atoms with Crippen LogP contribution in [0.5, 0.6) is 5.75 Å². The van der Waals surface area contributed by atoms with Gasteiger partial charge in [0.15, 0.2) is 0 Å². The van der Waals surface area contributed by atoms with E-state index < -0.39 is 0 Å². The summed E-state index contributed by atoms with van der Waals surface area (Å²) in [6, 6.07) is 7.52. The van der Waals surface area contributed by atoms with Gasteiger partial charge in [-0.3, -0.25) is 4.79 Å². The number of hydrogen-bond acceptors (Lipinski definition) is 5. The van der Waals surface area contributed by atoms with E-state index >= 15 is 0 Å². The first-order chi connectivity index (χ1) is 12.9. The van der Waals surface area contributed by atoms with Crippen molar-refractivity contribution in [1.82, 2.24) is 9.88 Å². The Morgan fingerprint density at radius 3 is 2.48 bits per heavy atom. The van der Waals surface area contributed by atoms with E-state index in [-0.39, 0.29) is 5.91 Å². The molecule has 1 aromatic heterocycles. The van der Waals surface area contributed by atoms with Crippen molar-refractivity contribution in [3.05, 3.63) is 39.8 Å². The molecule has 0 aliphatic rings. The number of aryl methyl sites for hydroxylation is 1. The van der Waals surface area contributed by atoms with Crippen molar-refractivity contribution in [2.75, 3.05) is 31.6 Å². The number of nitrogens with one attached hydrogen (secondary N) is 1. The molecule has 1 N–H and O–H groups in total. The lowest BCUT2D eigenvalue weighted by atomic mass is 10.1. The highest BCUT2D eigenvalue weighted by Gasteiger charge is 2.16. The first-order valence-electron chi connectivity index (χ1n) is 9.65. The maximum absolute atomic E-state index is 12.6. The summed E-state index contributed by atoms with van der Waals surface area (Å²) < 4.78 is 5.78. The van der Waals surface area contributed by atoms with Crippen LogP contribution < -0.4 is 10.1 Å². The minimum absolute atomic E-state index is 0.102. The van der Waals surface area contributed by atoms with Gasteiger partial charge in [-0.15, -0.1) is 11.3 Å². The topological polar surface area (TPSA) is 54.5 Å². The van der Waals surface area contributed by atoms with Crippen LogP contribution in [-0.2, 0) is 6.42 Å². The van der Waals surface area contributed by atoms with E-state index in [1.165, 1.54) is 11.3 Å². The molecule has 0 saturated carbocycles. The predicted molar refractivity (Wildman–Crippen MR) is 113 cm³/mol. The molecule has 0 spiro atoms. The largest absolute Gasteiger partial charge is 0.492 e. The third-order valence-electron chi connectivity index (χ3n) is 4.31. The van der Waals surface area contributed by atoms with Crippen LogP contribution in [0.3, 0.4) is 0 Å². The van der Waals surface area contributed by atoms with Crippen LogP contribution in [0.4, 0.5) is 5.69 Å². The number of ether oxygens (including phenoxy) is 1. The molecular formula is C21H31N3O2S. The molecule has 0 saturated heterocycles. The zero-order valence-electron chi connectivity index (χ0n) is 17.0. The average molecular weight is 390 g/mol. The lowest BCUT2D eigenvalue weighted by Gasteiger charge is -2.18. The van der Waals surface area contributed by atoms with Gasteiger partial charge in [0.25, 0.3) is 5.91 Å². The summed E-state index contributed by atoms with van der Waals surface area (Å²) in [5.74, 6) is 1.24. The number of carbonyl (C=O) groups excluding carboxylic acids is 1. The van der Waals surface area contributed by atoms with Gasteiger partial charge in [0, 0.05) is 18.7 Å². The van der Waals surface area contributed by atoms with Crippen molar-refractivity contribution < 1.29 is 9.53 Å². The van der Waals surface area contributed by atoms with Crippen LogP contribution in [0, 0.1) is 12.8 Å². The van der Waals surface area contributed by atoms with E-state index in [9.17, 15) is 4.79 Å². The summed E-state index contributed by atoms with van der Waals surface area (Å²) in [6.45, 7) is 14.1. The molecule has 1 heterocycles. The Labute approximate surface area is 166 Å². The quantitative estimate of drug-likeness (QED) is 0.644. The Morgan fingerprint density at radius 2 is 1.89 bits per heavy atom. The molecule has 0 radical (unpaired) electrons. The van der Waals surface area contributed by atoms with Gasteiger partial charge in [-0.25, -0.2) is 4.98 Å². The number of amides is 1. The molecule has 0 bridgehead atoms. The molecule has 5 nitrogen and oxygen atoms in total. The maximum Gasteiger partial charge on any atom is 0.267 e. The summed E-state index contributed by atoms with van der Waals surface area (Å²) in [6.07, 6.45) is 0.901. The summed E-state index contributed by atoms with van der Waals surface area (Å²) >= 11 is 1.48. The van der Waals surface area contributed by atoms with E-state index in [2.05, 4.69) is 42.9 Å². The fourth-order valence-electron chi connectivity index (χ4n) is 2.75. The molecule has 2 rings (SSSR count). The van der Waals surface area contributed by atoms with Gasteiger partial charge in [-0.05, 0) is 50.2 Å². The number of aromatic nitrogens is 1. The normalized spacial score (nSPS) is 11.2. The molecule has 148 valence electrons. The SMILES string of the molecule is CCN(CC)CCOc1ccc(NC(=O)c2sc(CC(C)C)nc2C)cc1. The Bertz CT molecular complexity index is 722. The maximum atomic E-state index is 12.6. The molecule has 1 amide bonds. The Kier molecular flexibility index (Phi) is 8.25. The van der Waals surface area contributed by atoms with Crippen LogP contribution in [0.15, 0.2) is 24.3 Å². The number of thiazole rings is 1. The number of nitrogens with zero attached hydrogens (tertiary/aromatic N) is 2. The highest BCUT2D eigenvalue weighted by Crippen LogP contribution is 2.23. The second-order valence-corrected chi connectivity index (χ2v) is 8.06. The molecule has 0 unspecified atom stereocenters. The predicted octanol–water partition coefficient (Wildman–Crippen LogP) is 4.62. The summed E-state index contributed by atoms with van der Waals surface area (Å²) in [4.78, 5) is 20.1. The third-order valence-corrected chi connectivity index (χ3v) is 5.49. The molecule has 0 aliphatic carbocycles. The summed E-state index contributed by atoms with van der Waals surface area (Å²) in [7, 11) is 0. The van der Waals surface area contributed by atoms with Crippen LogP contribution >= 0.6 is 11.3 Å². The zero-order valence-corrected chi connectivity index (χ0v) is 17.9. The average Bonchev–Trinajstić information content (AvgIpc) is 2.99. The second kappa shape index (κ2) is 10.4. The first kappa shape index (κ1) is 21.4. The minimum atomic E-state index is -0.102. The van der Waals surface area contributed by atoms with Gasteiger partial charge in [0.2, 0.25) is 0 Å². The zero-order chi connectivity index (χ0) is 19.8. The summed E-state index contributed by atoms with van der Waals surface area (Å²) in [5.41, 5.74) is 1.55. The monoisotopic (exact) mass is 389 g/mol. The number of likely N-dealkylation sites (N-methyl/N-ethyl adjacent to an activating group) is 1. The van der Waals surface area contributed by atoms with Crippen molar-refractivity contribution in [2.45, 2.75) is 41.0 Å². The lowest BCUT2D eigenvalue weighted by molar-refractivity contribution is 0.103. The van der Waals surface area contributed by atoms with Gasteiger partial charge in [0.05, 0.1) is 10.7 Å². The molecule has 1 aromatic carbocycles. The van der Waals surface area contributed by atoms with Gasteiger partial charge < -0.3 is 15.0 Å². The number of anilines is 1. The minimum Gasteiger partial charge on any atom is -0.492 e. The third kappa shape index (κ3) is 6.63. The van der Waals surface area contributed by atoms with E-state index in [0.29, 0.717) is 17.4 Å².